The van der Waals surface area contributed by atoms with Gasteiger partial charge in [0.1, 0.15) is 0 Å². The van der Waals surface area contributed by atoms with Crippen molar-refractivity contribution in [2.75, 3.05) is 6.54 Å². The predicted octanol–water partition coefficient (Wildman–Crippen LogP) is 3.59. The van der Waals surface area contributed by atoms with Gasteiger partial charge in [0.05, 0.1) is 0 Å². The van der Waals surface area contributed by atoms with Gasteiger partial charge >= 0.3 is 0 Å². The van der Waals surface area contributed by atoms with Gasteiger partial charge in [-0.3, -0.25) is 0 Å². The normalized spacial score (nSPS) is 30.2. The molecule has 0 aromatic heterocycles. The Morgan fingerprint density at radius 1 is 1.21 bits per heavy atom. The largest absolute Gasteiger partial charge is 0.314 e. The molecule has 1 heteroatoms. The maximum absolute atomic E-state index is 3.71. The number of nitrogens with one attached hydrogen (secondary N) is 1. The van der Waals surface area contributed by atoms with Crippen molar-refractivity contribution in [1.82, 2.24) is 5.32 Å². The minimum Gasteiger partial charge on any atom is -0.314 e. The van der Waals surface area contributed by atoms with E-state index in [0.717, 1.165) is 17.9 Å². The van der Waals surface area contributed by atoms with E-state index < -0.39 is 0 Å². The number of hydrogen-bond acceptors (Lipinski definition) is 1. The highest BCUT2D eigenvalue weighted by atomic mass is 14.9. The van der Waals surface area contributed by atoms with Crippen LogP contribution in [0.1, 0.15) is 59.3 Å². The Morgan fingerprint density at radius 3 is 2.43 bits per heavy atom. The van der Waals surface area contributed by atoms with E-state index in [1.165, 1.54) is 45.1 Å². The van der Waals surface area contributed by atoms with Gasteiger partial charge in [-0.2, -0.15) is 0 Å². The molecular weight excluding hydrogens is 170 g/mol. The number of hydrogen-bond donors (Lipinski definition) is 1. The molecule has 0 amide bonds. The van der Waals surface area contributed by atoms with E-state index in [1.807, 2.05) is 0 Å². The molecule has 0 spiro atoms. The smallest absolute Gasteiger partial charge is 0.00672 e. The van der Waals surface area contributed by atoms with Gasteiger partial charge in [-0.15, -0.1) is 0 Å². The van der Waals surface area contributed by atoms with Crippen LogP contribution in [0.25, 0.3) is 0 Å². The van der Waals surface area contributed by atoms with E-state index in [0.29, 0.717) is 0 Å². The van der Waals surface area contributed by atoms with Crippen LogP contribution in [0.5, 0.6) is 0 Å². The monoisotopic (exact) mass is 197 g/mol. The van der Waals surface area contributed by atoms with Gasteiger partial charge in [0.15, 0.2) is 0 Å². The third kappa shape index (κ3) is 4.45. The minimum atomic E-state index is 0.829. The lowest BCUT2D eigenvalue weighted by Gasteiger charge is -2.27. The summed E-state index contributed by atoms with van der Waals surface area (Å²) in [5, 5.41) is 3.71. The molecule has 1 aliphatic rings. The number of rotatable bonds is 5. The fourth-order valence-electron chi connectivity index (χ4n) is 2.20. The summed E-state index contributed by atoms with van der Waals surface area (Å²) in [7, 11) is 0. The zero-order valence-corrected chi connectivity index (χ0v) is 10.2. The van der Waals surface area contributed by atoms with Crippen LogP contribution in [0, 0.1) is 11.8 Å². The first-order chi connectivity index (χ1) is 6.72. The molecule has 0 bridgehead atoms. The van der Waals surface area contributed by atoms with E-state index >= 15 is 0 Å². The molecule has 1 unspecified atom stereocenters. The SMILES string of the molecule is CCC(C)CCNC1CCC(C)CC1. The Hall–Kier alpha value is -0.0400. The molecule has 1 aliphatic carbocycles. The zero-order valence-electron chi connectivity index (χ0n) is 10.2. The molecule has 1 N–H and O–H groups in total. The van der Waals surface area contributed by atoms with Crippen molar-refractivity contribution in [2.45, 2.75) is 65.3 Å². The molecule has 14 heavy (non-hydrogen) atoms. The summed E-state index contributed by atoms with van der Waals surface area (Å²) in [4.78, 5) is 0. The van der Waals surface area contributed by atoms with Gasteiger partial charge in [-0.25, -0.2) is 0 Å². The second-order valence-corrected chi connectivity index (χ2v) is 5.21. The lowest BCUT2D eigenvalue weighted by atomic mass is 9.87. The van der Waals surface area contributed by atoms with Crippen LogP contribution in [-0.4, -0.2) is 12.6 Å². The van der Waals surface area contributed by atoms with Crippen LogP contribution in [-0.2, 0) is 0 Å². The standard InChI is InChI=1S/C13H27N/c1-4-11(2)9-10-14-13-7-5-12(3)6-8-13/h11-14H,4-10H2,1-3H3. The van der Waals surface area contributed by atoms with Crippen molar-refractivity contribution in [3.8, 4) is 0 Å². The maximum atomic E-state index is 3.71. The van der Waals surface area contributed by atoms with Crippen molar-refractivity contribution in [2.24, 2.45) is 11.8 Å². The fourth-order valence-corrected chi connectivity index (χ4v) is 2.20. The lowest BCUT2D eigenvalue weighted by molar-refractivity contribution is 0.302. The molecule has 0 heterocycles. The molecule has 0 saturated heterocycles. The average molecular weight is 197 g/mol. The van der Waals surface area contributed by atoms with Crippen molar-refractivity contribution < 1.29 is 0 Å². The Morgan fingerprint density at radius 2 is 1.86 bits per heavy atom. The molecule has 0 radical (unpaired) electrons. The Labute approximate surface area is 89.7 Å². The summed E-state index contributed by atoms with van der Waals surface area (Å²) in [6, 6.07) is 0.829. The Balaban J connectivity index is 2.02. The highest BCUT2D eigenvalue weighted by Gasteiger charge is 2.17. The maximum Gasteiger partial charge on any atom is 0.00672 e. The molecule has 1 nitrogen and oxygen atoms in total. The molecule has 0 aliphatic heterocycles. The second-order valence-electron chi connectivity index (χ2n) is 5.21. The van der Waals surface area contributed by atoms with E-state index in [9.17, 15) is 0 Å². The first-order valence-corrected chi connectivity index (χ1v) is 6.45. The molecule has 0 aromatic rings. The quantitative estimate of drug-likeness (QED) is 0.710. The lowest BCUT2D eigenvalue weighted by Crippen LogP contribution is -2.33. The molecule has 1 fully saturated rings. The van der Waals surface area contributed by atoms with E-state index in [1.54, 1.807) is 0 Å². The molecule has 1 rings (SSSR count). The van der Waals surface area contributed by atoms with E-state index in [2.05, 4.69) is 26.1 Å². The van der Waals surface area contributed by atoms with Crippen molar-refractivity contribution in [1.29, 1.82) is 0 Å². The van der Waals surface area contributed by atoms with Gasteiger partial charge in [0, 0.05) is 6.04 Å². The van der Waals surface area contributed by atoms with E-state index in [4.69, 9.17) is 0 Å². The third-order valence-electron chi connectivity index (χ3n) is 3.78. The van der Waals surface area contributed by atoms with Crippen LogP contribution in [0.3, 0.4) is 0 Å². The van der Waals surface area contributed by atoms with Crippen LogP contribution >= 0.6 is 0 Å². The Bertz CT molecular complexity index is 136. The first kappa shape index (κ1) is 12.0. The average Bonchev–Trinajstić information content (AvgIpc) is 2.21. The highest BCUT2D eigenvalue weighted by Crippen LogP contribution is 2.23. The van der Waals surface area contributed by atoms with E-state index in [-0.39, 0.29) is 0 Å². The Kier molecular flexibility index (Phi) is 5.54. The topological polar surface area (TPSA) is 12.0 Å². The summed E-state index contributed by atoms with van der Waals surface area (Å²) in [5.74, 6) is 1.87. The first-order valence-electron chi connectivity index (χ1n) is 6.45. The van der Waals surface area contributed by atoms with Crippen LogP contribution in [0.4, 0.5) is 0 Å². The minimum absolute atomic E-state index is 0.829. The van der Waals surface area contributed by atoms with Gasteiger partial charge < -0.3 is 5.32 Å². The second kappa shape index (κ2) is 6.44. The molecule has 1 saturated carbocycles. The fraction of sp³-hybridized carbons (Fsp3) is 1.00. The van der Waals surface area contributed by atoms with Gasteiger partial charge in [0.2, 0.25) is 0 Å². The zero-order chi connectivity index (χ0) is 10.4. The summed E-state index contributed by atoms with van der Waals surface area (Å²) >= 11 is 0. The summed E-state index contributed by atoms with van der Waals surface area (Å²) in [6.07, 6.45) is 8.34. The van der Waals surface area contributed by atoms with Gasteiger partial charge in [-0.05, 0) is 50.5 Å². The molecule has 1 atom stereocenters. The molecule has 84 valence electrons. The van der Waals surface area contributed by atoms with Crippen molar-refractivity contribution in [3.05, 3.63) is 0 Å². The van der Waals surface area contributed by atoms with Crippen LogP contribution < -0.4 is 5.32 Å². The predicted molar refractivity (Wildman–Crippen MR) is 63.5 cm³/mol. The third-order valence-corrected chi connectivity index (χ3v) is 3.78. The van der Waals surface area contributed by atoms with Crippen LogP contribution in [0.15, 0.2) is 0 Å². The summed E-state index contributed by atoms with van der Waals surface area (Å²) in [5.41, 5.74) is 0. The van der Waals surface area contributed by atoms with Crippen molar-refractivity contribution >= 4 is 0 Å². The highest BCUT2D eigenvalue weighted by molar-refractivity contribution is 4.75. The summed E-state index contributed by atoms with van der Waals surface area (Å²) < 4.78 is 0. The molecular formula is C13H27N. The van der Waals surface area contributed by atoms with Crippen LogP contribution in [0.2, 0.25) is 0 Å². The van der Waals surface area contributed by atoms with Gasteiger partial charge in [0.25, 0.3) is 0 Å². The van der Waals surface area contributed by atoms with Gasteiger partial charge in [-0.1, -0.05) is 27.2 Å². The summed E-state index contributed by atoms with van der Waals surface area (Å²) in [6.45, 7) is 8.25. The van der Waals surface area contributed by atoms with Crippen molar-refractivity contribution in [3.63, 3.8) is 0 Å². The molecule has 0 aromatic carbocycles.